The average molecular weight is 304 g/mol. The summed E-state index contributed by atoms with van der Waals surface area (Å²) < 4.78 is 1.82. The lowest BCUT2D eigenvalue weighted by atomic mass is 10.2. The summed E-state index contributed by atoms with van der Waals surface area (Å²) in [7, 11) is 0. The monoisotopic (exact) mass is 304 g/mol. The van der Waals surface area contributed by atoms with E-state index in [1.165, 1.54) is 0 Å². The van der Waals surface area contributed by atoms with E-state index in [0.717, 1.165) is 35.9 Å². The maximum Gasteiger partial charge on any atom is 0.320 e. The van der Waals surface area contributed by atoms with Crippen LogP contribution >= 0.6 is 0 Å². The summed E-state index contributed by atoms with van der Waals surface area (Å²) in [6, 6.07) is 3.62. The molecule has 0 aliphatic carbocycles. The topological polar surface area (TPSA) is 87.6 Å². The van der Waals surface area contributed by atoms with Crippen LogP contribution in [0.2, 0.25) is 0 Å². The Morgan fingerprint density at radius 2 is 2.18 bits per heavy atom. The number of hydrogen-bond donors (Lipinski definition) is 3. The zero-order valence-electron chi connectivity index (χ0n) is 13.6. The van der Waals surface area contributed by atoms with Gasteiger partial charge in [-0.15, -0.1) is 0 Å². The Balaban J connectivity index is 1.89. The van der Waals surface area contributed by atoms with Crippen LogP contribution in [-0.2, 0) is 13.0 Å². The molecule has 22 heavy (non-hydrogen) atoms. The smallest absolute Gasteiger partial charge is 0.320 e. The van der Waals surface area contributed by atoms with Crippen LogP contribution in [0.4, 0.5) is 10.6 Å². The fourth-order valence-corrected chi connectivity index (χ4v) is 2.35. The van der Waals surface area contributed by atoms with E-state index >= 15 is 0 Å². The molecular formula is C15H24N6O. The van der Waals surface area contributed by atoms with Gasteiger partial charge in [-0.3, -0.25) is 10.4 Å². The van der Waals surface area contributed by atoms with Crippen molar-refractivity contribution in [2.24, 2.45) is 0 Å². The summed E-state index contributed by atoms with van der Waals surface area (Å²) >= 11 is 0. The second-order valence-electron chi connectivity index (χ2n) is 5.64. The minimum atomic E-state index is -0.225. The number of H-pyrrole nitrogens is 1. The van der Waals surface area contributed by atoms with Crippen LogP contribution in [0, 0.1) is 13.8 Å². The van der Waals surface area contributed by atoms with E-state index in [-0.39, 0.29) is 12.1 Å². The minimum absolute atomic E-state index is 0.00802. The van der Waals surface area contributed by atoms with Gasteiger partial charge in [-0.2, -0.15) is 10.2 Å². The second kappa shape index (κ2) is 7.11. The van der Waals surface area contributed by atoms with Crippen molar-refractivity contribution in [3.8, 4) is 0 Å². The zero-order valence-corrected chi connectivity index (χ0v) is 13.6. The lowest BCUT2D eigenvalue weighted by Crippen LogP contribution is -2.37. The first kappa shape index (κ1) is 16.1. The Morgan fingerprint density at radius 1 is 1.41 bits per heavy atom. The maximum absolute atomic E-state index is 12.1. The summed E-state index contributed by atoms with van der Waals surface area (Å²) in [5, 5.41) is 17.2. The highest BCUT2D eigenvalue weighted by molar-refractivity contribution is 5.88. The number of urea groups is 1. The maximum atomic E-state index is 12.1. The normalized spacial score (nSPS) is 12.2. The van der Waals surface area contributed by atoms with Crippen molar-refractivity contribution in [1.82, 2.24) is 25.3 Å². The van der Waals surface area contributed by atoms with Gasteiger partial charge in [0.1, 0.15) is 5.82 Å². The number of anilines is 1. The highest BCUT2D eigenvalue weighted by atomic mass is 16.2. The Bertz CT molecular complexity index is 630. The van der Waals surface area contributed by atoms with Crippen LogP contribution in [0.15, 0.2) is 12.1 Å². The highest BCUT2D eigenvalue weighted by Crippen LogP contribution is 2.11. The molecule has 0 aliphatic heterocycles. The number of amides is 2. The molecule has 3 N–H and O–H groups in total. The summed E-state index contributed by atoms with van der Waals surface area (Å²) in [4.78, 5) is 12.1. The van der Waals surface area contributed by atoms with Crippen molar-refractivity contribution >= 4 is 11.8 Å². The standard InChI is InChI=1S/C15H24N6O/c1-5-6-21-14(9-12(4)20-21)17-15(22)16-10(2)7-13-8-11(3)18-19-13/h8-10H,5-7H2,1-4H3,(H,18,19)(H2,16,17,22)/t10-/m1/s1. The van der Waals surface area contributed by atoms with Gasteiger partial charge in [0, 0.05) is 30.8 Å². The van der Waals surface area contributed by atoms with Gasteiger partial charge in [-0.25, -0.2) is 9.48 Å². The number of carbonyl (C=O) groups excluding carboxylic acids is 1. The van der Waals surface area contributed by atoms with E-state index in [4.69, 9.17) is 0 Å². The summed E-state index contributed by atoms with van der Waals surface area (Å²) in [5.74, 6) is 0.722. The minimum Gasteiger partial charge on any atom is -0.335 e. The molecule has 7 nitrogen and oxygen atoms in total. The largest absolute Gasteiger partial charge is 0.335 e. The van der Waals surface area contributed by atoms with E-state index in [9.17, 15) is 4.79 Å². The number of nitrogens with zero attached hydrogens (tertiary/aromatic N) is 3. The quantitative estimate of drug-likeness (QED) is 0.765. The molecule has 2 rings (SSSR count). The molecule has 2 aromatic rings. The number of rotatable bonds is 6. The lowest BCUT2D eigenvalue weighted by Gasteiger charge is -2.14. The van der Waals surface area contributed by atoms with E-state index in [1.54, 1.807) is 0 Å². The Kier molecular flexibility index (Phi) is 5.19. The molecule has 0 aliphatic rings. The zero-order chi connectivity index (χ0) is 16.1. The van der Waals surface area contributed by atoms with Crippen LogP contribution < -0.4 is 10.6 Å². The summed E-state index contributed by atoms with van der Waals surface area (Å²) in [6.45, 7) is 8.69. The fourth-order valence-electron chi connectivity index (χ4n) is 2.35. The molecule has 2 heterocycles. The van der Waals surface area contributed by atoms with Crippen molar-refractivity contribution in [2.45, 2.75) is 53.1 Å². The molecule has 2 aromatic heterocycles. The highest BCUT2D eigenvalue weighted by Gasteiger charge is 2.12. The number of aryl methyl sites for hydroxylation is 3. The van der Waals surface area contributed by atoms with Crippen LogP contribution in [0.1, 0.15) is 37.4 Å². The first-order valence-electron chi connectivity index (χ1n) is 7.60. The molecular weight excluding hydrogens is 280 g/mol. The molecule has 0 spiro atoms. The number of hydrogen-bond acceptors (Lipinski definition) is 3. The SMILES string of the molecule is CCCn1nc(C)cc1NC(=O)N[C@H](C)Cc1cc(C)[nH]n1. The summed E-state index contributed by atoms with van der Waals surface area (Å²) in [5.41, 5.74) is 2.85. The van der Waals surface area contributed by atoms with Gasteiger partial charge in [0.15, 0.2) is 0 Å². The number of aromatic amines is 1. The molecule has 0 bridgehead atoms. The Hall–Kier alpha value is -2.31. The molecule has 1 atom stereocenters. The second-order valence-corrected chi connectivity index (χ2v) is 5.64. The third-order valence-corrected chi connectivity index (χ3v) is 3.23. The predicted octanol–water partition coefficient (Wildman–Crippen LogP) is 2.39. The molecule has 120 valence electrons. The predicted molar refractivity (Wildman–Crippen MR) is 85.9 cm³/mol. The van der Waals surface area contributed by atoms with Crippen molar-refractivity contribution in [3.63, 3.8) is 0 Å². The van der Waals surface area contributed by atoms with Crippen molar-refractivity contribution in [2.75, 3.05) is 5.32 Å². The molecule has 0 saturated carbocycles. The molecule has 0 radical (unpaired) electrons. The van der Waals surface area contributed by atoms with E-state index < -0.39 is 0 Å². The fraction of sp³-hybridized carbons (Fsp3) is 0.533. The first-order chi connectivity index (χ1) is 10.5. The van der Waals surface area contributed by atoms with Crippen molar-refractivity contribution < 1.29 is 4.79 Å². The van der Waals surface area contributed by atoms with Gasteiger partial charge >= 0.3 is 6.03 Å². The Morgan fingerprint density at radius 3 is 2.82 bits per heavy atom. The van der Waals surface area contributed by atoms with Gasteiger partial charge in [-0.1, -0.05) is 6.92 Å². The molecule has 7 heteroatoms. The Labute approximate surface area is 130 Å². The van der Waals surface area contributed by atoms with Gasteiger partial charge < -0.3 is 5.32 Å². The van der Waals surface area contributed by atoms with Crippen LogP contribution in [-0.4, -0.2) is 32.1 Å². The van der Waals surface area contributed by atoms with Gasteiger partial charge in [0.05, 0.1) is 11.4 Å². The molecule has 2 amide bonds. The van der Waals surface area contributed by atoms with Crippen LogP contribution in [0.3, 0.4) is 0 Å². The third kappa shape index (κ3) is 4.34. The number of nitrogens with one attached hydrogen (secondary N) is 3. The van der Waals surface area contributed by atoms with E-state index in [2.05, 4.69) is 32.9 Å². The number of aromatic nitrogens is 4. The van der Waals surface area contributed by atoms with Gasteiger partial charge in [-0.05, 0) is 33.3 Å². The van der Waals surface area contributed by atoms with Gasteiger partial charge in [0.25, 0.3) is 0 Å². The van der Waals surface area contributed by atoms with Gasteiger partial charge in [0.2, 0.25) is 0 Å². The van der Waals surface area contributed by atoms with E-state index in [0.29, 0.717) is 6.42 Å². The average Bonchev–Trinajstić information content (AvgIpc) is 2.96. The molecule has 0 fully saturated rings. The molecule has 0 unspecified atom stereocenters. The van der Waals surface area contributed by atoms with Crippen LogP contribution in [0.5, 0.6) is 0 Å². The molecule has 0 aromatic carbocycles. The lowest BCUT2D eigenvalue weighted by molar-refractivity contribution is 0.249. The summed E-state index contributed by atoms with van der Waals surface area (Å²) in [6.07, 6.45) is 1.65. The van der Waals surface area contributed by atoms with Crippen LogP contribution in [0.25, 0.3) is 0 Å². The van der Waals surface area contributed by atoms with E-state index in [1.807, 2.05) is 37.6 Å². The van der Waals surface area contributed by atoms with Crippen molar-refractivity contribution in [3.05, 3.63) is 29.2 Å². The first-order valence-corrected chi connectivity index (χ1v) is 7.60. The molecule has 0 saturated heterocycles. The number of carbonyl (C=O) groups is 1. The van der Waals surface area contributed by atoms with Crippen molar-refractivity contribution in [1.29, 1.82) is 0 Å². The third-order valence-electron chi connectivity index (χ3n) is 3.23.